The molecule has 0 spiro atoms. The zero-order valence-electron chi connectivity index (χ0n) is 14.1. The number of hydrogen-bond acceptors (Lipinski definition) is 4. The average molecular weight is 328 g/mol. The van der Waals surface area contributed by atoms with Crippen molar-refractivity contribution in [1.29, 1.82) is 0 Å². The first-order chi connectivity index (χ1) is 11.7. The molecule has 0 amide bonds. The maximum atomic E-state index is 5.87. The summed E-state index contributed by atoms with van der Waals surface area (Å²) in [5.41, 5.74) is 7.79. The van der Waals surface area contributed by atoms with Crippen LogP contribution in [-0.4, -0.2) is 30.7 Å². The second-order valence-corrected chi connectivity index (χ2v) is 5.46. The SMILES string of the molecule is COCC(C)NC(N)=NCc1cccc(OCc2ccccn2)c1. The number of aromatic nitrogens is 1. The number of rotatable bonds is 8. The van der Waals surface area contributed by atoms with E-state index >= 15 is 0 Å². The Balaban J connectivity index is 1.88. The molecule has 0 aliphatic rings. The van der Waals surface area contributed by atoms with E-state index in [1.165, 1.54) is 0 Å². The molecule has 0 saturated carbocycles. The summed E-state index contributed by atoms with van der Waals surface area (Å²) < 4.78 is 10.8. The highest BCUT2D eigenvalue weighted by molar-refractivity contribution is 5.78. The second kappa shape index (κ2) is 9.52. The zero-order valence-corrected chi connectivity index (χ0v) is 14.1. The molecule has 128 valence electrons. The van der Waals surface area contributed by atoms with Gasteiger partial charge in [0.15, 0.2) is 5.96 Å². The first kappa shape index (κ1) is 17.7. The van der Waals surface area contributed by atoms with E-state index in [-0.39, 0.29) is 6.04 Å². The molecule has 6 heteroatoms. The van der Waals surface area contributed by atoms with Gasteiger partial charge >= 0.3 is 0 Å². The maximum absolute atomic E-state index is 5.87. The largest absolute Gasteiger partial charge is 0.487 e. The van der Waals surface area contributed by atoms with Gasteiger partial charge in [0.25, 0.3) is 0 Å². The van der Waals surface area contributed by atoms with Gasteiger partial charge in [-0.25, -0.2) is 4.99 Å². The van der Waals surface area contributed by atoms with Crippen LogP contribution in [-0.2, 0) is 17.9 Å². The Hall–Kier alpha value is -2.60. The fourth-order valence-electron chi connectivity index (χ4n) is 2.14. The lowest BCUT2D eigenvalue weighted by Crippen LogP contribution is -2.40. The number of ether oxygens (including phenoxy) is 2. The van der Waals surface area contributed by atoms with Crippen LogP contribution in [0.25, 0.3) is 0 Å². The van der Waals surface area contributed by atoms with Crippen molar-refractivity contribution in [1.82, 2.24) is 10.3 Å². The molecule has 0 aliphatic heterocycles. The van der Waals surface area contributed by atoms with E-state index in [4.69, 9.17) is 15.2 Å². The Labute approximate surface area is 142 Å². The van der Waals surface area contributed by atoms with E-state index in [1.807, 2.05) is 49.4 Å². The summed E-state index contributed by atoms with van der Waals surface area (Å²) in [4.78, 5) is 8.57. The molecule has 1 heterocycles. The van der Waals surface area contributed by atoms with Crippen molar-refractivity contribution in [2.45, 2.75) is 26.1 Å². The Morgan fingerprint density at radius 3 is 2.92 bits per heavy atom. The smallest absolute Gasteiger partial charge is 0.189 e. The Morgan fingerprint density at radius 1 is 1.29 bits per heavy atom. The van der Waals surface area contributed by atoms with Crippen molar-refractivity contribution in [2.24, 2.45) is 10.7 Å². The number of hydrogen-bond donors (Lipinski definition) is 2. The quantitative estimate of drug-likeness (QED) is 0.573. The molecule has 1 aromatic heterocycles. The topological polar surface area (TPSA) is 81.8 Å². The fourth-order valence-corrected chi connectivity index (χ4v) is 2.14. The van der Waals surface area contributed by atoms with Gasteiger partial charge in [-0.2, -0.15) is 0 Å². The molecule has 2 aromatic rings. The van der Waals surface area contributed by atoms with Crippen molar-refractivity contribution in [3.63, 3.8) is 0 Å². The highest BCUT2D eigenvalue weighted by atomic mass is 16.5. The summed E-state index contributed by atoms with van der Waals surface area (Å²) in [6.07, 6.45) is 1.75. The van der Waals surface area contributed by atoms with Gasteiger partial charge < -0.3 is 20.5 Å². The van der Waals surface area contributed by atoms with Crippen LogP contribution in [0.4, 0.5) is 0 Å². The third kappa shape index (κ3) is 6.26. The minimum Gasteiger partial charge on any atom is -0.487 e. The number of methoxy groups -OCH3 is 1. The lowest BCUT2D eigenvalue weighted by molar-refractivity contribution is 0.179. The van der Waals surface area contributed by atoms with E-state index < -0.39 is 0 Å². The Bertz CT molecular complexity index is 646. The van der Waals surface area contributed by atoms with Crippen LogP contribution in [0, 0.1) is 0 Å². The van der Waals surface area contributed by atoms with Crippen molar-refractivity contribution in [3.8, 4) is 5.75 Å². The van der Waals surface area contributed by atoms with Crippen LogP contribution >= 0.6 is 0 Å². The molecule has 0 bridgehead atoms. The second-order valence-electron chi connectivity index (χ2n) is 5.46. The van der Waals surface area contributed by atoms with Crippen molar-refractivity contribution in [2.75, 3.05) is 13.7 Å². The molecular formula is C18H24N4O2. The Kier molecular flexibility index (Phi) is 7.04. The summed E-state index contributed by atoms with van der Waals surface area (Å²) in [6, 6.07) is 13.7. The number of nitrogens with two attached hydrogens (primary N) is 1. The van der Waals surface area contributed by atoms with Crippen LogP contribution in [0.15, 0.2) is 53.7 Å². The van der Waals surface area contributed by atoms with E-state index in [9.17, 15) is 0 Å². The van der Waals surface area contributed by atoms with Crippen molar-refractivity contribution in [3.05, 3.63) is 59.9 Å². The number of benzene rings is 1. The van der Waals surface area contributed by atoms with Gasteiger partial charge in [0.2, 0.25) is 0 Å². The standard InChI is InChI=1S/C18H24N4O2/c1-14(12-23-2)22-18(19)21-11-15-6-5-8-17(10-15)24-13-16-7-3-4-9-20-16/h3-10,14H,11-13H2,1-2H3,(H3,19,21,22). The van der Waals surface area contributed by atoms with E-state index in [0.717, 1.165) is 17.0 Å². The van der Waals surface area contributed by atoms with Crippen LogP contribution in [0.1, 0.15) is 18.2 Å². The van der Waals surface area contributed by atoms with Gasteiger partial charge in [0, 0.05) is 19.3 Å². The molecule has 0 saturated heterocycles. The number of nitrogens with one attached hydrogen (secondary N) is 1. The van der Waals surface area contributed by atoms with E-state index in [0.29, 0.717) is 25.7 Å². The van der Waals surface area contributed by atoms with Crippen LogP contribution in [0.2, 0.25) is 0 Å². The Morgan fingerprint density at radius 2 is 2.17 bits per heavy atom. The van der Waals surface area contributed by atoms with Crippen molar-refractivity contribution >= 4 is 5.96 Å². The molecule has 0 fully saturated rings. The first-order valence-corrected chi connectivity index (χ1v) is 7.84. The molecule has 1 atom stereocenters. The fraction of sp³-hybridized carbons (Fsp3) is 0.333. The molecule has 24 heavy (non-hydrogen) atoms. The summed E-state index contributed by atoms with van der Waals surface area (Å²) >= 11 is 0. The normalized spacial score (nSPS) is 12.7. The number of pyridine rings is 1. The molecule has 1 aromatic carbocycles. The van der Waals surface area contributed by atoms with E-state index in [2.05, 4.69) is 15.3 Å². The minimum atomic E-state index is 0.117. The average Bonchev–Trinajstić information content (AvgIpc) is 2.60. The molecule has 1 unspecified atom stereocenters. The summed E-state index contributed by atoms with van der Waals surface area (Å²) in [5.74, 6) is 1.19. The lowest BCUT2D eigenvalue weighted by atomic mass is 10.2. The summed E-state index contributed by atoms with van der Waals surface area (Å²) in [5, 5.41) is 3.08. The first-order valence-electron chi connectivity index (χ1n) is 7.84. The molecule has 0 radical (unpaired) electrons. The van der Waals surface area contributed by atoms with Crippen LogP contribution in [0.5, 0.6) is 5.75 Å². The third-order valence-corrected chi connectivity index (χ3v) is 3.25. The van der Waals surface area contributed by atoms with Gasteiger partial charge in [-0.15, -0.1) is 0 Å². The predicted octanol–water partition coefficient (Wildman–Crippen LogP) is 2.10. The van der Waals surface area contributed by atoms with Gasteiger partial charge in [0.1, 0.15) is 12.4 Å². The number of guanidine groups is 1. The van der Waals surface area contributed by atoms with Crippen LogP contribution in [0.3, 0.4) is 0 Å². The molecule has 0 aliphatic carbocycles. The molecule has 2 rings (SSSR count). The molecule has 3 N–H and O–H groups in total. The van der Waals surface area contributed by atoms with Gasteiger partial charge in [-0.05, 0) is 36.8 Å². The monoisotopic (exact) mass is 328 g/mol. The third-order valence-electron chi connectivity index (χ3n) is 3.25. The number of aliphatic imine (C=N–C) groups is 1. The lowest BCUT2D eigenvalue weighted by Gasteiger charge is -2.13. The number of nitrogens with zero attached hydrogens (tertiary/aromatic N) is 2. The van der Waals surface area contributed by atoms with Gasteiger partial charge in [-0.1, -0.05) is 18.2 Å². The van der Waals surface area contributed by atoms with Crippen LogP contribution < -0.4 is 15.8 Å². The molecule has 6 nitrogen and oxygen atoms in total. The highest BCUT2D eigenvalue weighted by Crippen LogP contribution is 2.15. The summed E-state index contributed by atoms with van der Waals surface area (Å²) in [6.45, 7) is 3.48. The summed E-state index contributed by atoms with van der Waals surface area (Å²) in [7, 11) is 1.65. The van der Waals surface area contributed by atoms with Crippen molar-refractivity contribution < 1.29 is 9.47 Å². The van der Waals surface area contributed by atoms with Gasteiger partial charge in [-0.3, -0.25) is 4.98 Å². The highest BCUT2D eigenvalue weighted by Gasteiger charge is 2.02. The van der Waals surface area contributed by atoms with Gasteiger partial charge in [0.05, 0.1) is 18.8 Å². The zero-order chi connectivity index (χ0) is 17.2. The maximum Gasteiger partial charge on any atom is 0.189 e. The minimum absolute atomic E-state index is 0.117. The predicted molar refractivity (Wildman–Crippen MR) is 94.8 cm³/mol. The van der Waals surface area contributed by atoms with E-state index in [1.54, 1.807) is 13.3 Å². The molecular weight excluding hydrogens is 304 g/mol.